The van der Waals surface area contributed by atoms with E-state index in [1.807, 2.05) is 6.92 Å². The second-order valence-electron chi connectivity index (χ2n) is 3.37. The van der Waals surface area contributed by atoms with Gasteiger partial charge >= 0.3 is 0 Å². The minimum atomic E-state index is -0.611. The van der Waals surface area contributed by atoms with Gasteiger partial charge in [0.25, 0.3) is 0 Å². The zero-order valence-electron chi connectivity index (χ0n) is 8.42. The monoisotopic (exact) mass is 202 g/mol. The van der Waals surface area contributed by atoms with Crippen LogP contribution < -0.4 is 5.32 Å². The molecular formula is C9H15FN2O2. The lowest BCUT2D eigenvalue weighted by atomic mass is 10.1. The first kappa shape index (κ1) is 10.9. The molecule has 0 aromatic heterocycles. The molecular weight excluding hydrogens is 187 g/mol. The van der Waals surface area contributed by atoms with E-state index in [1.165, 1.54) is 4.90 Å². The van der Waals surface area contributed by atoms with Gasteiger partial charge in [-0.05, 0) is 13.3 Å². The van der Waals surface area contributed by atoms with Crippen molar-refractivity contribution in [2.45, 2.75) is 32.4 Å². The largest absolute Gasteiger partial charge is 0.343 e. The Kier molecular flexibility index (Phi) is 3.43. The van der Waals surface area contributed by atoms with E-state index in [0.29, 0.717) is 6.42 Å². The lowest BCUT2D eigenvalue weighted by molar-refractivity contribution is -0.148. The Morgan fingerprint density at radius 1 is 1.50 bits per heavy atom. The number of carbonyl (C=O) groups excluding carboxylic acids is 2. The summed E-state index contributed by atoms with van der Waals surface area (Å²) in [6, 6.07) is -1.04. The first-order valence-electron chi connectivity index (χ1n) is 4.78. The van der Waals surface area contributed by atoms with Crippen LogP contribution in [0.15, 0.2) is 0 Å². The Bertz CT molecular complexity index is 245. The van der Waals surface area contributed by atoms with Crippen LogP contribution in [0, 0.1) is 0 Å². The highest BCUT2D eigenvalue weighted by molar-refractivity contribution is 5.96. The molecule has 0 aromatic rings. The van der Waals surface area contributed by atoms with Gasteiger partial charge in [0.15, 0.2) is 0 Å². The van der Waals surface area contributed by atoms with Crippen LogP contribution in [0.25, 0.3) is 0 Å². The fourth-order valence-corrected chi connectivity index (χ4v) is 1.56. The molecule has 0 aromatic carbocycles. The van der Waals surface area contributed by atoms with Gasteiger partial charge in [-0.25, -0.2) is 4.39 Å². The lowest BCUT2D eigenvalue weighted by Gasteiger charge is -2.36. The molecule has 1 N–H and O–H groups in total. The number of nitrogens with one attached hydrogen (secondary N) is 1. The minimum absolute atomic E-state index is 0.00389. The number of amides is 2. The molecule has 1 heterocycles. The van der Waals surface area contributed by atoms with Crippen LogP contribution in [0.2, 0.25) is 0 Å². The molecule has 80 valence electrons. The second-order valence-corrected chi connectivity index (χ2v) is 3.37. The molecule has 4 nitrogen and oxygen atoms in total. The molecule has 1 aliphatic heterocycles. The number of hydrogen-bond donors (Lipinski definition) is 1. The zero-order chi connectivity index (χ0) is 10.7. The van der Waals surface area contributed by atoms with Crippen molar-refractivity contribution in [3.05, 3.63) is 0 Å². The molecule has 0 saturated carbocycles. The predicted molar refractivity (Wildman–Crippen MR) is 49.4 cm³/mol. The quantitative estimate of drug-likeness (QED) is 0.704. The Morgan fingerprint density at radius 2 is 2.14 bits per heavy atom. The first-order valence-corrected chi connectivity index (χ1v) is 4.78. The van der Waals surface area contributed by atoms with Crippen molar-refractivity contribution >= 4 is 11.8 Å². The molecule has 14 heavy (non-hydrogen) atoms. The Balaban J connectivity index is 2.78. The van der Waals surface area contributed by atoms with E-state index in [9.17, 15) is 14.0 Å². The SMILES string of the molecule is CCC1NC(=O)C(C)N(CCF)C1=O. The van der Waals surface area contributed by atoms with Crippen molar-refractivity contribution in [1.82, 2.24) is 10.2 Å². The summed E-state index contributed by atoms with van der Waals surface area (Å²) in [5.41, 5.74) is 0. The summed E-state index contributed by atoms with van der Waals surface area (Å²) in [6.07, 6.45) is 0.542. The number of nitrogens with zero attached hydrogens (tertiary/aromatic N) is 1. The van der Waals surface area contributed by atoms with Crippen molar-refractivity contribution in [3.8, 4) is 0 Å². The van der Waals surface area contributed by atoms with Gasteiger partial charge < -0.3 is 10.2 Å². The van der Waals surface area contributed by atoms with Gasteiger partial charge in [0.05, 0.1) is 0 Å². The lowest BCUT2D eigenvalue weighted by Crippen LogP contribution is -2.62. The number of piperazine rings is 1. The average Bonchev–Trinajstić information content (AvgIpc) is 2.18. The predicted octanol–water partition coefficient (Wildman–Crippen LogP) is 0.0814. The average molecular weight is 202 g/mol. The maximum atomic E-state index is 12.2. The van der Waals surface area contributed by atoms with Crippen molar-refractivity contribution in [1.29, 1.82) is 0 Å². The molecule has 1 saturated heterocycles. The van der Waals surface area contributed by atoms with E-state index < -0.39 is 18.8 Å². The highest BCUT2D eigenvalue weighted by Crippen LogP contribution is 2.11. The molecule has 0 spiro atoms. The van der Waals surface area contributed by atoms with Crippen LogP contribution in [-0.4, -0.2) is 42.0 Å². The highest BCUT2D eigenvalue weighted by atomic mass is 19.1. The number of alkyl halides is 1. The summed E-state index contributed by atoms with van der Waals surface area (Å²) in [4.78, 5) is 24.3. The van der Waals surface area contributed by atoms with E-state index in [2.05, 4.69) is 5.32 Å². The maximum absolute atomic E-state index is 12.2. The van der Waals surface area contributed by atoms with E-state index in [-0.39, 0.29) is 18.4 Å². The minimum Gasteiger partial charge on any atom is -0.343 e. The third-order valence-corrected chi connectivity index (χ3v) is 2.48. The van der Waals surface area contributed by atoms with E-state index in [0.717, 1.165) is 0 Å². The summed E-state index contributed by atoms with van der Waals surface area (Å²) in [5, 5.41) is 2.60. The van der Waals surface area contributed by atoms with Gasteiger partial charge in [0.2, 0.25) is 11.8 Å². The molecule has 2 amide bonds. The fraction of sp³-hybridized carbons (Fsp3) is 0.778. The van der Waals surface area contributed by atoms with Gasteiger partial charge in [-0.1, -0.05) is 6.92 Å². The molecule has 1 aliphatic rings. The summed E-state index contributed by atoms with van der Waals surface area (Å²) in [5.74, 6) is -0.387. The van der Waals surface area contributed by atoms with Crippen molar-refractivity contribution in [2.24, 2.45) is 0 Å². The van der Waals surface area contributed by atoms with Crippen LogP contribution in [-0.2, 0) is 9.59 Å². The molecule has 1 rings (SSSR count). The molecule has 0 aliphatic carbocycles. The van der Waals surface area contributed by atoms with Crippen LogP contribution >= 0.6 is 0 Å². The van der Waals surface area contributed by atoms with Crippen LogP contribution in [0.4, 0.5) is 4.39 Å². The summed E-state index contributed by atoms with van der Waals surface area (Å²) < 4.78 is 12.2. The molecule has 0 radical (unpaired) electrons. The second kappa shape index (κ2) is 4.39. The van der Waals surface area contributed by atoms with Gasteiger partial charge in [-0.3, -0.25) is 9.59 Å². The number of halogens is 1. The third-order valence-electron chi connectivity index (χ3n) is 2.48. The van der Waals surface area contributed by atoms with Crippen LogP contribution in [0.1, 0.15) is 20.3 Å². The smallest absolute Gasteiger partial charge is 0.245 e. The summed E-state index contributed by atoms with van der Waals surface area (Å²) in [6.45, 7) is 2.81. The number of rotatable bonds is 3. The van der Waals surface area contributed by atoms with Crippen LogP contribution in [0.3, 0.4) is 0 Å². The van der Waals surface area contributed by atoms with Gasteiger partial charge in [-0.2, -0.15) is 0 Å². The molecule has 5 heteroatoms. The van der Waals surface area contributed by atoms with Gasteiger partial charge in [-0.15, -0.1) is 0 Å². The standard InChI is InChI=1S/C9H15FN2O2/c1-3-7-9(14)12(5-4-10)6(2)8(13)11-7/h6-7H,3-5H2,1-2H3,(H,11,13). The molecule has 1 fully saturated rings. The van der Waals surface area contributed by atoms with Crippen molar-refractivity contribution < 1.29 is 14.0 Å². The van der Waals surface area contributed by atoms with Gasteiger partial charge in [0, 0.05) is 6.54 Å². The first-order chi connectivity index (χ1) is 6.61. The topological polar surface area (TPSA) is 49.4 Å². The molecule has 0 bridgehead atoms. The highest BCUT2D eigenvalue weighted by Gasteiger charge is 2.36. The van der Waals surface area contributed by atoms with Crippen LogP contribution in [0.5, 0.6) is 0 Å². The van der Waals surface area contributed by atoms with E-state index >= 15 is 0 Å². The fourth-order valence-electron chi connectivity index (χ4n) is 1.56. The number of hydrogen-bond acceptors (Lipinski definition) is 2. The summed E-state index contributed by atoms with van der Waals surface area (Å²) >= 11 is 0. The third kappa shape index (κ3) is 1.86. The van der Waals surface area contributed by atoms with E-state index in [4.69, 9.17) is 0 Å². The summed E-state index contributed by atoms with van der Waals surface area (Å²) in [7, 11) is 0. The normalized spacial score (nSPS) is 27.8. The Morgan fingerprint density at radius 3 is 2.64 bits per heavy atom. The number of carbonyl (C=O) groups is 2. The maximum Gasteiger partial charge on any atom is 0.245 e. The van der Waals surface area contributed by atoms with Crippen molar-refractivity contribution in [2.75, 3.05) is 13.2 Å². The van der Waals surface area contributed by atoms with E-state index in [1.54, 1.807) is 6.92 Å². The zero-order valence-corrected chi connectivity index (χ0v) is 8.42. The van der Waals surface area contributed by atoms with Gasteiger partial charge in [0.1, 0.15) is 18.8 Å². The molecule has 2 unspecified atom stereocenters. The Hall–Kier alpha value is -1.13. The molecule has 2 atom stereocenters. The Labute approximate surface area is 82.5 Å². The van der Waals surface area contributed by atoms with Crippen molar-refractivity contribution in [3.63, 3.8) is 0 Å².